The summed E-state index contributed by atoms with van der Waals surface area (Å²) in [5.41, 5.74) is 4.60. The van der Waals surface area contributed by atoms with Gasteiger partial charge < -0.3 is 0 Å². The number of aromatic nitrogens is 1. The van der Waals surface area contributed by atoms with Crippen LogP contribution >= 0.6 is 11.3 Å². The molecule has 1 amide bonds. The number of anilines is 1. The number of nitro benzene ring substituents is 1. The molecule has 0 saturated carbocycles. The van der Waals surface area contributed by atoms with E-state index >= 15 is 0 Å². The number of thiazole rings is 1. The van der Waals surface area contributed by atoms with Gasteiger partial charge in [-0.2, -0.15) is 0 Å². The minimum Gasteiger partial charge on any atom is -0.298 e. The van der Waals surface area contributed by atoms with Crippen LogP contribution in [0, 0.1) is 29.8 Å². The molecule has 1 heterocycles. The van der Waals surface area contributed by atoms with Gasteiger partial charge in [-0.15, -0.1) is 0 Å². The number of amides is 1. The van der Waals surface area contributed by atoms with Crippen molar-refractivity contribution in [1.82, 2.24) is 4.98 Å². The highest BCUT2D eigenvalue weighted by atomic mass is 32.1. The SMILES string of the molecule is Cc1ccc(-c2nc(NC(=O)c3cccc(F)c3)sc2-c2ccc([N+](=O)[O-])cc2)c(C)c1. The van der Waals surface area contributed by atoms with Gasteiger partial charge in [0.05, 0.1) is 15.5 Å². The van der Waals surface area contributed by atoms with Gasteiger partial charge in [-0.3, -0.25) is 20.2 Å². The van der Waals surface area contributed by atoms with E-state index in [0.29, 0.717) is 10.8 Å². The second-order valence-corrected chi connectivity index (χ2v) is 8.28. The van der Waals surface area contributed by atoms with Crippen molar-refractivity contribution < 1.29 is 14.1 Å². The minimum atomic E-state index is -0.501. The van der Waals surface area contributed by atoms with E-state index in [1.54, 1.807) is 12.1 Å². The fourth-order valence-electron chi connectivity index (χ4n) is 3.36. The van der Waals surface area contributed by atoms with Crippen LogP contribution in [0.4, 0.5) is 15.2 Å². The lowest BCUT2D eigenvalue weighted by atomic mass is 10.0. The van der Waals surface area contributed by atoms with Crippen LogP contribution in [0.2, 0.25) is 0 Å². The normalized spacial score (nSPS) is 10.7. The first kappa shape index (κ1) is 21.3. The highest BCUT2D eigenvalue weighted by molar-refractivity contribution is 7.19. The van der Waals surface area contributed by atoms with Crippen molar-refractivity contribution in [3.05, 3.63) is 99.4 Å². The number of benzene rings is 3. The van der Waals surface area contributed by atoms with E-state index in [1.165, 1.54) is 41.7 Å². The van der Waals surface area contributed by atoms with Crippen molar-refractivity contribution >= 4 is 28.1 Å². The van der Waals surface area contributed by atoms with Gasteiger partial charge in [0.15, 0.2) is 5.13 Å². The summed E-state index contributed by atoms with van der Waals surface area (Å²) in [5.74, 6) is -0.972. The molecule has 4 rings (SSSR count). The summed E-state index contributed by atoms with van der Waals surface area (Å²) in [6.07, 6.45) is 0. The van der Waals surface area contributed by atoms with Gasteiger partial charge in [0.25, 0.3) is 11.6 Å². The van der Waals surface area contributed by atoms with Crippen LogP contribution in [0.15, 0.2) is 66.7 Å². The molecule has 0 atom stereocenters. The van der Waals surface area contributed by atoms with E-state index in [9.17, 15) is 19.3 Å². The number of hydrogen-bond acceptors (Lipinski definition) is 5. The van der Waals surface area contributed by atoms with E-state index < -0.39 is 16.6 Å². The maximum atomic E-state index is 13.5. The molecule has 3 aromatic carbocycles. The minimum absolute atomic E-state index is 0.00837. The van der Waals surface area contributed by atoms with Crippen molar-refractivity contribution in [2.24, 2.45) is 0 Å². The third kappa shape index (κ3) is 4.40. The Bertz CT molecular complexity index is 1330. The Morgan fingerprint density at radius 3 is 2.47 bits per heavy atom. The molecule has 1 aromatic heterocycles. The zero-order valence-corrected chi connectivity index (χ0v) is 18.1. The van der Waals surface area contributed by atoms with E-state index in [0.717, 1.165) is 33.2 Å². The van der Waals surface area contributed by atoms with Crippen molar-refractivity contribution in [2.75, 3.05) is 5.32 Å². The Kier molecular flexibility index (Phi) is 5.79. The predicted molar refractivity (Wildman–Crippen MR) is 123 cm³/mol. The van der Waals surface area contributed by atoms with E-state index in [4.69, 9.17) is 0 Å². The van der Waals surface area contributed by atoms with Crippen molar-refractivity contribution in [1.29, 1.82) is 0 Å². The second kappa shape index (κ2) is 8.68. The molecule has 4 aromatic rings. The molecule has 1 N–H and O–H groups in total. The maximum absolute atomic E-state index is 13.5. The van der Waals surface area contributed by atoms with Crippen LogP contribution in [-0.4, -0.2) is 15.8 Å². The molecule has 160 valence electrons. The molecule has 0 fully saturated rings. The maximum Gasteiger partial charge on any atom is 0.269 e. The van der Waals surface area contributed by atoms with Crippen LogP contribution < -0.4 is 5.32 Å². The fraction of sp³-hybridized carbons (Fsp3) is 0.0833. The van der Waals surface area contributed by atoms with Crippen molar-refractivity contribution in [3.63, 3.8) is 0 Å². The van der Waals surface area contributed by atoms with Gasteiger partial charge in [-0.05, 0) is 55.3 Å². The number of nitrogens with zero attached hydrogens (tertiary/aromatic N) is 2. The van der Waals surface area contributed by atoms with Crippen LogP contribution in [0.5, 0.6) is 0 Å². The summed E-state index contributed by atoms with van der Waals surface area (Å²) in [6.45, 7) is 3.98. The van der Waals surface area contributed by atoms with Gasteiger partial charge in [0.1, 0.15) is 5.82 Å². The lowest BCUT2D eigenvalue weighted by Gasteiger charge is -2.07. The number of nitrogens with one attached hydrogen (secondary N) is 1. The molecule has 6 nitrogen and oxygen atoms in total. The van der Waals surface area contributed by atoms with Gasteiger partial charge >= 0.3 is 0 Å². The largest absolute Gasteiger partial charge is 0.298 e. The summed E-state index contributed by atoms with van der Waals surface area (Å²) < 4.78 is 13.5. The summed E-state index contributed by atoms with van der Waals surface area (Å²) in [7, 11) is 0. The molecule has 0 aliphatic heterocycles. The number of hydrogen-bond donors (Lipinski definition) is 1. The number of carbonyl (C=O) groups excluding carboxylic acids is 1. The molecule has 0 aliphatic carbocycles. The molecule has 32 heavy (non-hydrogen) atoms. The number of non-ortho nitro benzene ring substituents is 1. The van der Waals surface area contributed by atoms with E-state index in [2.05, 4.69) is 10.3 Å². The zero-order valence-electron chi connectivity index (χ0n) is 17.3. The van der Waals surface area contributed by atoms with Crippen LogP contribution in [-0.2, 0) is 0 Å². The molecular formula is C24H18FN3O3S. The first-order valence-corrected chi connectivity index (χ1v) is 10.5. The topological polar surface area (TPSA) is 85.1 Å². The summed E-state index contributed by atoms with van der Waals surface area (Å²) in [5, 5.41) is 14.1. The smallest absolute Gasteiger partial charge is 0.269 e. The number of aryl methyl sites for hydroxylation is 2. The highest BCUT2D eigenvalue weighted by Gasteiger charge is 2.19. The third-order valence-electron chi connectivity index (χ3n) is 4.91. The summed E-state index contributed by atoms with van der Waals surface area (Å²) >= 11 is 1.26. The molecule has 0 spiro atoms. The Morgan fingerprint density at radius 1 is 1.06 bits per heavy atom. The molecule has 0 radical (unpaired) electrons. The summed E-state index contributed by atoms with van der Waals surface area (Å²) in [6, 6.07) is 17.6. The number of rotatable bonds is 5. The van der Waals surface area contributed by atoms with Gasteiger partial charge in [-0.25, -0.2) is 9.37 Å². The molecule has 0 unspecified atom stereocenters. The monoisotopic (exact) mass is 447 g/mol. The van der Waals surface area contributed by atoms with E-state index in [-0.39, 0.29) is 11.3 Å². The van der Waals surface area contributed by atoms with Crippen molar-refractivity contribution in [2.45, 2.75) is 13.8 Å². The van der Waals surface area contributed by atoms with Gasteiger partial charge in [-0.1, -0.05) is 41.2 Å². The molecule has 0 bridgehead atoms. The van der Waals surface area contributed by atoms with Gasteiger partial charge in [0, 0.05) is 23.3 Å². The van der Waals surface area contributed by atoms with Crippen LogP contribution in [0.25, 0.3) is 21.7 Å². The average molecular weight is 447 g/mol. The Labute approximate surface area is 187 Å². The predicted octanol–water partition coefficient (Wildman–Crippen LogP) is 6.39. The molecule has 0 aliphatic rings. The molecule has 8 heteroatoms. The Balaban J connectivity index is 1.77. The Hall–Kier alpha value is -3.91. The highest BCUT2D eigenvalue weighted by Crippen LogP contribution is 2.40. The first-order valence-electron chi connectivity index (χ1n) is 9.72. The third-order valence-corrected chi connectivity index (χ3v) is 5.93. The second-order valence-electron chi connectivity index (χ2n) is 7.28. The molecular weight excluding hydrogens is 429 g/mol. The quantitative estimate of drug-likeness (QED) is 0.284. The number of halogens is 1. The summed E-state index contributed by atoms with van der Waals surface area (Å²) in [4.78, 5) is 28.6. The number of carbonyl (C=O) groups is 1. The van der Waals surface area contributed by atoms with Gasteiger partial charge in [0.2, 0.25) is 0 Å². The lowest BCUT2D eigenvalue weighted by molar-refractivity contribution is -0.384. The Morgan fingerprint density at radius 2 is 1.81 bits per heavy atom. The van der Waals surface area contributed by atoms with Crippen LogP contribution in [0.1, 0.15) is 21.5 Å². The standard InChI is InChI=1S/C24H18FN3O3S/c1-14-6-11-20(15(2)12-14)21-22(16-7-9-19(10-8-16)28(30)31)32-24(26-21)27-23(29)17-4-3-5-18(25)13-17/h3-13H,1-2H3,(H,26,27,29). The average Bonchev–Trinajstić information content (AvgIpc) is 3.17. The van der Waals surface area contributed by atoms with Crippen LogP contribution in [0.3, 0.4) is 0 Å². The van der Waals surface area contributed by atoms with Crippen molar-refractivity contribution in [3.8, 4) is 21.7 Å². The fourth-order valence-corrected chi connectivity index (χ4v) is 4.34. The molecule has 0 saturated heterocycles. The lowest BCUT2D eigenvalue weighted by Crippen LogP contribution is -2.11. The first-order chi connectivity index (χ1) is 15.3. The number of nitro groups is 1. The zero-order chi connectivity index (χ0) is 22.8. The van der Waals surface area contributed by atoms with E-state index in [1.807, 2.05) is 32.0 Å².